The topological polar surface area (TPSA) is 108 Å². The van der Waals surface area contributed by atoms with E-state index >= 15 is 0 Å². The van der Waals surface area contributed by atoms with Crippen molar-refractivity contribution >= 4 is 35.2 Å². The van der Waals surface area contributed by atoms with Crippen molar-refractivity contribution in [2.45, 2.75) is 18.5 Å². The Labute approximate surface area is 197 Å². The number of thioether (sulfide) groups is 1. The Morgan fingerprint density at radius 2 is 1.88 bits per heavy atom. The van der Waals surface area contributed by atoms with Crippen molar-refractivity contribution in [3.63, 3.8) is 0 Å². The summed E-state index contributed by atoms with van der Waals surface area (Å²) in [6.07, 6.45) is -4.66. The Morgan fingerprint density at radius 3 is 2.50 bits per heavy atom. The van der Waals surface area contributed by atoms with Gasteiger partial charge in [0, 0.05) is 12.3 Å². The van der Waals surface area contributed by atoms with E-state index in [1.54, 1.807) is 12.1 Å². The summed E-state index contributed by atoms with van der Waals surface area (Å²) in [6, 6.07) is 12.9. The average Bonchev–Trinajstić information content (AvgIpc) is 2.81. The van der Waals surface area contributed by atoms with Crippen LogP contribution in [0, 0.1) is 11.3 Å². The Balaban J connectivity index is 1.77. The number of carbonyl (C=O) groups excluding carboxylic acids is 3. The summed E-state index contributed by atoms with van der Waals surface area (Å²) >= 11 is 0.842. The van der Waals surface area contributed by atoms with Crippen LogP contribution >= 0.6 is 11.8 Å². The lowest BCUT2D eigenvalue weighted by atomic mass is 9.87. The van der Waals surface area contributed by atoms with E-state index in [0.29, 0.717) is 11.1 Å². The van der Waals surface area contributed by atoms with E-state index in [9.17, 15) is 32.8 Å². The molecular weight excluding hydrogens is 471 g/mol. The first-order valence-electron chi connectivity index (χ1n) is 9.85. The van der Waals surface area contributed by atoms with E-state index in [-0.39, 0.29) is 34.4 Å². The number of esters is 1. The molecule has 2 N–H and O–H groups in total. The Bertz CT molecular complexity index is 1190. The number of amides is 2. The fourth-order valence-electron chi connectivity index (χ4n) is 3.35. The van der Waals surface area contributed by atoms with Gasteiger partial charge in [-0.3, -0.25) is 9.59 Å². The number of alkyl halides is 3. The SMILES string of the molecule is COC(=O)c1ccc([C@@H]2CC(=O)NC(SCC(=O)Nc3ccccc3C(F)(F)F)=C2C#N)cc1. The molecule has 0 saturated heterocycles. The van der Waals surface area contributed by atoms with Gasteiger partial charge in [-0.25, -0.2) is 4.79 Å². The maximum Gasteiger partial charge on any atom is 0.418 e. The van der Waals surface area contributed by atoms with Crippen molar-refractivity contribution in [3.05, 3.63) is 75.8 Å². The predicted molar refractivity (Wildman–Crippen MR) is 118 cm³/mol. The van der Waals surface area contributed by atoms with Crippen molar-refractivity contribution in [3.8, 4) is 6.07 Å². The molecule has 2 amide bonds. The molecule has 1 heterocycles. The molecule has 3 rings (SSSR count). The number of rotatable bonds is 6. The molecule has 0 aliphatic carbocycles. The molecule has 176 valence electrons. The summed E-state index contributed by atoms with van der Waals surface area (Å²) in [6.45, 7) is 0. The molecule has 2 aromatic carbocycles. The fraction of sp³-hybridized carbons (Fsp3) is 0.217. The molecule has 0 fully saturated rings. The largest absolute Gasteiger partial charge is 0.465 e. The number of carbonyl (C=O) groups is 3. The van der Waals surface area contributed by atoms with E-state index in [2.05, 4.69) is 15.4 Å². The van der Waals surface area contributed by atoms with Gasteiger partial charge in [0.05, 0.1) is 46.3 Å². The van der Waals surface area contributed by atoms with Crippen molar-refractivity contribution < 1.29 is 32.3 Å². The summed E-state index contributed by atoms with van der Waals surface area (Å²) in [4.78, 5) is 36.2. The second kappa shape index (κ2) is 10.4. The van der Waals surface area contributed by atoms with Crippen LogP contribution in [0.2, 0.25) is 0 Å². The molecule has 0 spiro atoms. The monoisotopic (exact) mass is 489 g/mol. The molecule has 0 saturated carbocycles. The number of allylic oxidation sites excluding steroid dienone is 1. The third-order valence-electron chi connectivity index (χ3n) is 4.94. The van der Waals surface area contributed by atoms with Gasteiger partial charge in [-0.1, -0.05) is 36.0 Å². The molecule has 1 atom stereocenters. The number of hydrogen-bond donors (Lipinski definition) is 2. The van der Waals surface area contributed by atoms with Crippen LogP contribution in [0.4, 0.5) is 18.9 Å². The molecule has 1 aliphatic rings. The van der Waals surface area contributed by atoms with Gasteiger partial charge in [-0.2, -0.15) is 18.4 Å². The minimum absolute atomic E-state index is 0.0182. The molecule has 0 aromatic heterocycles. The fourth-order valence-corrected chi connectivity index (χ4v) is 4.23. The first-order valence-corrected chi connectivity index (χ1v) is 10.8. The first-order chi connectivity index (χ1) is 16.1. The van der Waals surface area contributed by atoms with E-state index in [0.717, 1.165) is 23.9 Å². The first kappa shape index (κ1) is 24.9. The molecule has 1 aliphatic heterocycles. The van der Waals surface area contributed by atoms with Crippen LogP contribution in [0.1, 0.15) is 33.8 Å². The van der Waals surface area contributed by atoms with Crippen LogP contribution in [0.5, 0.6) is 0 Å². The number of halogens is 3. The normalized spacial score (nSPS) is 15.9. The zero-order valence-electron chi connectivity index (χ0n) is 17.7. The van der Waals surface area contributed by atoms with Crippen LogP contribution in [-0.2, 0) is 20.5 Å². The highest BCUT2D eigenvalue weighted by Gasteiger charge is 2.34. The van der Waals surface area contributed by atoms with Crippen molar-refractivity contribution in [1.29, 1.82) is 5.26 Å². The third kappa shape index (κ3) is 5.77. The summed E-state index contributed by atoms with van der Waals surface area (Å²) in [7, 11) is 1.25. The molecule has 34 heavy (non-hydrogen) atoms. The van der Waals surface area contributed by atoms with Crippen molar-refractivity contribution in [2.75, 3.05) is 18.2 Å². The molecule has 2 aromatic rings. The molecular formula is C23H18F3N3O4S. The average molecular weight is 489 g/mol. The van der Waals surface area contributed by atoms with Gasteiger partial charge in [0.15, 0.2) is 0 Å². The van der Waals surface area contributed by atoms with Crippen LogP contribution < -0.4 is 10.6 Å². The highest BCUT2D eigenvalue weighted by atomic mass is 32.2. The molecule has 0 unspecified atom stereocenters. The molecule has 11 heteroatoms. The summed E-state index contributed by atoms with van der Waals surface area (Å²) in [5.74, 6) is -2.59. The van der Waals surface area contributed by atoms with Gasteiger partial charge in [0.2, 0.25) is 11.8 Å². The molecule has 0 radical (unpaired) electrons. The summed E-state index contributed by atoms with van der Waals surface area (Å²) in [5, 5.41) is 14.6. The minimum atomic E-state index is -4.64. The smallest absolute Gasteiger partial charge is 0.418 e. The highest BCUT2D eigenvalue weighted by molar-refractivity contribution is 8.03. The van der Waals surface area contributed by atoms with Crippen LogP contribution in [-0.4, -0.2) is 30.6 Å². The minimum Gasteiger partial charge on any atom is -0.465 e. The van der Waals surface area contributed by atoms with Crippen molar-refractivity contribution in [2.24, 2.45) is 0 Å². The van der Waals surface area contributed by atoms with Crippen LogP contribution in [0.3, 0.4) is 0 Å². The number of para-hydroxylation sites is 1. The number of benzene rings is 2. The summed E-state index contributed by atoms with van der Waals surface area (Å²) in [5.41, 5.74) is -0.239. The number of nitriles is 1. The number of ether oxygens (including phenoxy) is 1. The lowest BCUT2D eigenvalue weighted by Crippen LogP contribution is -2.31. The maximum atomic E-state index is 13.1. The standard InChI is InChI=1S/C23H18F3N3O4S/c1-33-22(32)14-8-6-13(7-9-14)15-10-19(30)29-21(16(15)11-27)34-12-20(31)28-18-5-3-2-4-17(18)23(24,25)26/h2-9,15H,10,12H2,1H3,(H,28,31)(H,29,30)/t15-/m0/s1. The lowest BCUT2D eigenvalue weighted by Gasteiger charge is -2.25. The second-order valence-electron chi connectivity index (χ2n) is 7.15. The number of nitrogens with zero attached hydrogens (tertiary/aromatic N) is 1. The second-order valence-corrected chi connectivity index (χ2v) is 8.14. The van der Waals surface area contributed by atoms with E-state index in [1.807, 2.05) is 6.07 Å². The number of methoxy groups -OCH3 is 1. The Hall–Kier alpha value is -3.78. The summed E-state index contributed by atoms with van der Waals surface area (Å²) < 4.78 is 44.1. The van der Waals surface area contributed by atoms with E-state index < -0.39 is 29.5 Å². The van der Waals surface area contributed by atoms with Gasteiger partial charge in [-0.15, -0.1) is 0 Å². The maximum absolute atomic E-state index is 13.1. The highest BCUT2D eigenvalue weighted by Crippen LogP contribution is 2.37. The van der Waals surface area contributed by atoms with Gasteiger partial charge in [0.1, 0.15) is 0 Å². The van der Waals surface area contributed by atoms with E-state index in [1.165, 1.54) is 31.4 Å². The molecule has 7 nitrogen and oxygen atoms in total. The quantitative estimate of drug-likeness (QED) is 0.589. The molecule has 0 bridgehead atoms. The lowest BCUT2D eigenvalue weighted by molar-refractivity contribution is -0.137. The zero-order valence-corrected chi connectivity index (χ0v) is 18.5. The predicted octanol–water partition coefficient (Wildman–Crippen LogP) is 4.20. The van der Waals surface area contributed by atoms with Crippen LogP contribution in [0.25, 0.3) is 0 Å². The third-order valence-corrected chi connectivity index (χ3v) is 5.96. The van der Waals surface area contributed by atoms with Gasteiger partial charge in [0.25, 0.3) is 0 Å². The Kier molecular flexibility index (Phi) is 7.63. The zero-order chi connectivity index (χ0) is 24.9. The Morgan fingerprint density at radius 1 is 1.21 bits per heavy atom. The number of anilines is 1. The van der Waals surface area contributed by atoms with Gasteiger partial charge in [-0.05, 0) is 29.8 Å². The van der Waals surface area contributed by atoms with Gasteiger partial charge < -0.3 is 15.4 Å². The van der Waals surface area contributed by atoms with Crippen LogP contribution in [0.15, 0.2) is 59.1 Å². The number of hydrogen-bond acceptors (Lipinski definition) is 6. The van der Waals surface area contributed by atoms with Gasteiger partial charge >= 0.3 is 12.1 Å². The van der Waals surface area contributed by atoms with Crippen molar-refractivity contribution in [1.82, 2.24) is 5.32 Å². The van der Waals surface area contributed by atoms with E-state index in [4.69, 9.17) is 0 Å². The number of nitrogens with one attached hydrogen (secondary N) is 2.